The molecule has 0 bridgehead atoms. The molecule has 34 heavy (non-hydrogen) atoms. The van der Waals surface area contributed by atoms with Gasteiger partial charge in [0.05, 0.1) is 3.70 Å². The molecule has 0 N–H and O–H groups in total. The van der Waals surface area contributed by atoms with Gasteiger partial charge in [-0.15, -0.1) is 11.8 Å². The monoisotopic (exact) mass is 568 g/mol. The number of hydrogen-bond donors (Lipinski definition) is 0. The van der Waals surface area contributed by atoms with Crippen molar-refractivity contribution in [1.29, 1.82) is 0 Å². The minimum absolute atomic E-state index is 0.163. The normalized spacial score (nSPS) is 15.1. The first-order valence-corrected chi connectivity index (χ1v) is 19.7. The van der Waals surface area contributed by atoms with Crippen molar-refractivity contribution >= 4 is 66.3 Å². The van der Waals surface area contributed by atoms with Gasteiger partial charge in [0.15, 0.2) is 10.2 Å². The third-order valence-electron chi connectivity index (χ3n) is 6.17. The molecule has 3 unspecified atom stereocenters. The highest BCUT2D eigenvalue weighted by Gasteiger charge is 2.47. The van der Waals surface area contributed by atoms with Gasteiger partial charge in [0, 0.05) is 30.5 Å². The van der Waals surface area contributed by atoms with Crippen molar-refractivity contribution in [3.05, 3.63) is 0 Å². The average Bonchev–Trinajstić information content (AvgIpc) is 2.83. The molecule has 0 heterocycles. The summed E-state index contributed by atoms with van der Waals surface area (Å²) in [6.07, 6.45) is 18.5. The molecule has 0 fully saturated rings. The highest BCUT2D eigenvalue weighted by atomic mass is 32.2. The quantitative estimate of drug-likeness (QED) is 0.0693. The molecule has 0 amide bonds. The van der Waals surface area contributed by atoms with Gasteiger partial charge in [-0.2, -0.15) is 11.8 Å². The van der Waals surface area contributed by atoms with Crippen LogP contribution < -0.4 is 0 Å². The SMILES string of the molecule is CCCCCCCC(=O)SCCC[SiH](OCC)C(SC)(SC(=O)CCCCCCC)C(C)SC. The summed E-state index contributed by atoms with van der Waals surface area (Å²) in [6.45, 7) is 9.48. The first-order valence-electron chi connectivity index (χ1n) is 13.5. The van der Waals surface area contributed by atoms with Crippen LogP contribution in [0.1, 0.15) is 111 Å². The first kappa shape index (κ1) is 34.9. The molecule has 0 radical (unpaired) electrons. The summed E-state index contributed by atoms with van der Waals surface area (Å²) in [7, 11) is -1.71. The van der Waals surface area contributed by atoms with E-state index in [1.807, 2.05) is 23.5 Å². The average molecular weight is 569 g/mol. The molecule has 0 rings (SSSR count). The van der Waals surface area contributed by atoms with Gasteiger partial charge in [-0.05, 0) is 44.7 Å². The van der Waals surface area contributed by atoms with E-state index >= 15 is 0 Å². The maximum absolute atomic E-state index is 13.0. The molecular formula is C26H52O3S4Si. The molecule has 0 aromatic rings. The summed E-state index contributed by atoms with van der Waals surface area (Å²) < 4.78 is 6.26. The lowest BCUT2D eigenvalue weighted by atomic mass is 10.1. The fourth-order valence-corrected chi connectivity index (χ4v) is 14.4. The van der Waals surface area contributed by atoms with Crippen molar-refractivity contribution in [3.63, 3.8) is 0 Å². The van der Waals surface area contributed by atoms with E-state index in [4.69, 9.17) is 4.43 Å². The number of carbonyl (C=O) groups is 2. The first-order chi connectivity index (χ1) is 16.4. The van der Waals surface area contributed by atoms with Crippen LogP contribution in [0.15, 0.2) is 0 Å². The van der Waals surface area contributed by atoms with Gasteiger partial charge in [0.25, 0.3) is 0 Å². The van der Waals surface area contributed by atoms with Crippen LogP contribution >= 0.6 is 47.0 Å². The molecule has 0 saturated carbocycles. The molecule has 0 aliphatic rings. The number of carbonyl (C=O) groups excluding carboxylic acids is 2. The molecule has 0 aliphatic heterocycles. The molecule has 3 atom stereocenters. The molecular weight excluding hydrogens is 517 g/mol. The van der Waals surface area contributed by atoms with Crippen LogP contribution in [0.5, 0.6) is 0 Å². The second-order valence-corrected chi connectivity index (χ2v) is 17.6. The molecule has 0 spiro atoms. The maximum atomic E-state index is 13.0. The van der Waals surface area contributed by atoms with Crippen LogP contribution in [0.2, 0.25) is 6.04 Å². The number of unbranched alkanes of at least 4 members (excludes halogenated alkanes) is 8. The molecule has 0 aromatic carbocycles. The van der Waals surface area contributed by atoms with Crippen molar-refractivity contribution in [3.8, 4) is 0 Å². The maximum Gasteiger partial charge on any atom is 0.204 e. The van der Waals surface area contributed by atoms with Gasteiger partial charge in [-0.1, -0.05) is 95.7 Å². The Morgan fingerprint density at radius 1 is 0.824 bits per heavy atom. The standard InChI is InChI=1S/C26H52O3S4Si/c1-7-10-12-14-16-19-24(27)32-21-18-22-34(29-9-3)26(31-6,23(4)30-5)33-25(28)20-17-15-13-11-8-2/h23,34H,7-22H2,1-6H3. The Morgan fingerprint density at radius 3 is 1.88 bits per heavy atom. The Balaban J connectivity index is 4.85. The van der Waals surface area contributed by atoms with Gasteiger partial charge in [-0.25, -0.2) is 0 Å². The van der Waals surface area contributed by atoms with E-state index in [-0.39, 0.29) is 3.70 Å². The van der Waals surface area contributed by atoms with Crippen molar-refractivity contribution in [1.82, 2.24) is 0 Å². The largest absolute Gasteiger partial charge is 0.418 e. The van der Waals surface area contributed by atoms with Crippen LogP contribution in [0.4, 0.5) is 0 Å². The summed E-state index contributed by atoms with van der Waals surface area (Å²) in [6, 6.07) is 1.02. The summed E-state index contributed by atoms with van der Waals surface area (Å²) in [5, 5.41) is 1.01. The van der Waals surface area contributed by atoms with Gasteiger partial charge in [0.2, 0.25) is 9.04 Å². The highest BCUT2D eigenvalue weighted by molar-refractivity contribution is 8.28. The number of hydrogen-bond acceptors (Lipinski definition) is 7. The zero-order valence-corrected chi connectivity index (χ0v) is 27.2. The van der Waals surface area contributed by atoms with E-state index < -0.39 is 9.04 Å². The Hall–Kier alpha value is 0.917. The van der Waals surface area contributed by atoms with E-state index in [2.05, 4.69) is 40.2 Å². The third-order valence-corrected chi connectivity index (χ3v) is 17.4. The molecule has 0 saturated heterocycles. The molecule has 202 valence electrons. The zero-order valence-electron chi connectivity index (χ0n) is 22.8. The lowest BCUT2D eigenvalue weighted by molar-refractivity contribution is -0.111. The van der Waals surface area contributed by atoms with E-state index in [1.54, 1.807) is 11.8 Å². The highest BCUT2D eigenvalue weighted by Crippen LogP contribution is 2.47. The Kier molecular flexibility index (Phi) is 23.7. The van der Waals surface area contributed by atoms with Crippen LogP contribution in [0, 0.1) is 0 Å². The molecule has 0 aliphatic carbocycles. The smallest absolute Gasteiger partial charge is 0.204 e. The lowest BCUT2D eigenvalue weighted by Crippen LogP contribution is -2.50. The summed E-state index contributed by atoms with van der Waals surface area (Å²) >= 11 is 6.78. The predicted octanol–water partition coefficient (Wildman–Crippen LogP) is 8.73. The van der Waals surface area contributed by atoms with E-state index in [0.717, 1.165) is 37.5 Å². The van der Waals surface area contributed by atoms with E-state index in [0.29, 0.717) is 34.9 Å². The summed E-state index contributed by atoms with van der Waals surface area (Å²) in [4.78, 5) is 25.3. The molecule has 3 nitrogen and oxygen atoms in total. The predicted molar refractivity (Wildman–Crippen MR) is 164 cm³/mol. The molecule has 0 aromatic heterocycles. The second kappa shape index (κ2) is 23.1. The fraction of sp³-hybridized carbons (Fsp3) is 0.923. The van der Waals surface area contributed by atoms with Gasteiger partial charge in [0.1, 0.15) is 0 Å². The Labute approximate surface area is 230 Å². The number of rotatable bonds is 23. The van der Waals surface area contributed by atoms with Crippen molar-refractivity contribution in [2.45, 2.75) is 126 Å². The fourth-order valence-electron chi connectivity index (χ4n) is 4.02. The Morgan fingerprint density at radius 2 is 1.38 bits per heavy atom. The van der Waals surface area contributed by atoms with Crippen LogP contribution in [0.25, 0.3) is 0 Å². The van der Waals surface area contributed by atoms with E-state index in [1.165, 1.54) is 56.7 Å². The minimum atomic E-state index is -1.71. The third kappa shape index (κ3) is 15.2. The van der Waals surface area contributed by atoms with Crippen LogP contribution in [-0.2, 0) is 14.0 Å². The van der Waals surface area contributed by atoms with Crippen molar-refractivity contribution in [2.75, 3.05) is 24.9 Å². The number of thioether (sulfide) groups is 4. The lowest BCUT2D eigenvalue weighted by Gasteiger charge is -2.41. The Bertz CT molecular complexity index is 524. The zero-order chi connectivity index (χ0) is 25.7. The van der Waals surface area contributed by atoms with Crippen LogP contribution in [-0.4, -0.2) is 53.1 Å². The second-order valence-electron chi connectivity index (χ2n) is 8.91. The molecule has 8 heteroatoms. The van der Waals surface area contributed by atoms with E-state index in [9.17, 15) is 9.59 Å². The summed E-state index contributed by atoms with van der Waals surface area (Å²) in [5.41, 5.74) is 0. The minimum Gasteiger partial charge on any atom is -0.418 e. The van der Waals surface area contributed by atoms with Crippen LogP contribution in [0.3, 0.4) is 0 Å². The summed E-state index contributed by atoms with van der Waals surface area (Å²) in [5.74, 6) is 0.874. The van der Waals surface area contributed by atoms with Crippen molar-refractivity contribution < 1.29 is 14.0 Å². The topological polar surface area (TPSA) is 43.4 Å². The van der Waals surface area contributed by atoms with Gasteiger partial charge < -0.3 is 4.43 Å². The van der Waals surface area contributed by atoms with Gasteiger partial charge >= 0.3 is 0 Å². The van der Waals surface area contributed by atoms with Crippen molar-refractivity contribution in [2.24, 2.45) is 0 Å². The van der Waals surface area contributed by atoms with Gasteiger partial charge in [-0.3, -0.25) is 9.59 Å².